The minimum absolute atomic E-state index is 0.0936. The second kappa shape index (κ2) is 20.6. The molecule has 0 aliphatic carbocycles. The van der Waals surface area contributed by atoms with Gasteiger partial charge in [-0.05, 0) is 78.8 Å². The second-order valence-corrected chi connectivity index (χ2v) is 25.9. The fourth-order valence-corrected chi connectivity index (χ4v) is 14.3. The molecule has 0 fully saturated rings. The summed E-state index contributed by atoms with van der Waals surface area (Å²) < 4.78 is 13.1. The van der Waals surface area contributed by atoms with Gasteiger partial charge in [-0.15, -0.1) is 0 Å². The van der Waals surface area contributed by atoms with E-state index < -0.39 is 5.41 Å². The predicted molar refractivity (Wildman–Crippen MR) is 347 cm³/mol. The summed E-state index contributed by atoms with van der Waals surface area (Å²) in [4.78, 5) is 10.1. The van der Waals surface area contributed by atoms with Crippen LogP contribution < -0.4 is 14.5 Å². The maximum Gasteiger partial charge on any atom is -0.0348 e. The molecule has 10 aromatic carbocycles. The summed E-state index contributed by atoms with van der Waals surface area (Å²) in [5, 5.41) is 0. The normalized spacial score (nSPS) is 13.4. The van der Waals surface area contributed by atoms with Crippen molar-refractivity contribution < 1.29 is 24.1 Å². The Bertz CT molecular complexity index is 4540. The molecule has 420 valence electrons. The molecule has 0 unspecified atom stereocenters. The first-order valence-corrected chi connectivity index (χ1v) is 30.6. The monoisotopic (exact) mass is 1280 g/mol. The molecule has 0 saturated carbocycles. The van der Waals surface area contributed by atoms with Gasteiger partial charge in [-0.2, -0.15) is 0 Å². The maximum absolute atomic E-state index is 7.24. The van der Waals surface area contributed by atoms with Crippen LogP contribution in [0.4, 0.5) is 34.3 Å². The van der Waals surface area contributed by atoms with Crippen molar-refractivity contribution in [2.45, 2.75) is 78.6 Å². The number of fused-ring (bicyclic) bond motifs is 9. The largest absolute Gasteiger partial charge is 0.0459 e. The van der Waals surface area contributed by atoms with E-state index in [9.17, 15) is 0 Å². The van der Waals surface area contributed by atoms with Crippen molar-refractivity contribution in [1.29, 1.82) is 0 Å². The Kier molecular flexibility index (Phi) is 13.1. The van der Waals surface area contributed by atoms with Crippen molar-refractivity contribution in [1.82, 2.24) is 14.1 Å². The van der Waals surface area contributed by atoms with Crippen LogP contribution in [0.2, 0.25) is 0 Å². The van der Waals surface area contributed by atoms with Crippen LogP contribution >= 0.6 is 0 Å². The van der Waals surface area contributed by atoms with Crippen LogP contribution in [0, 0.1) is 24.6 Å². The molecule has 14 rings (SSSR count). The summed E-state index contributed by atoms with van der Waals surface area (Å²) in [7, 11) is 0. The van der Waals surface area contributed by atoms with E-state index in [0.29, 0.717) is 5.75 Å². The molecule has 12 aromatic rings. The van der Waals surface area contributed by atoms with Gasteiger partial charge in [-0.1, -0.05) is 75.4 Å². The van der Waals surface area contributed by atoms with Crippen molar-refractivity contribution in [3.8, 4) is 45.1 Å². The molecule has 4 heterocycles. The average Bonchev–Trinajstić information content (AvgIpc) is 1.26. The number of aryl methyl sites for hydroxylation is 2. The summed E-state index contributed by atoms with van der Waals surface area (Å²) in [5.74, 6) is 2.29. The first-order valence-electron chi connectivity index (χ1n) is 29.4. The summed E-state index contributed by atoms with van der Waals surface area (Å²) in [5.41, 5.74) is 24.6. The van der Waals surface area contributed by atoms with E-state index in [1.54, 1.807) is 0 Å². The first-order chi connectivity index (χ1) is 41.1. The Balaban J connectivity index is 0.956. The minimum atomic E-state index is -0.740. The minimum Gasteiger partial charge on any atom is -0.0459 e. The molecule has 2 aromatic heterocycles. The number of aromatic nitrogens is 3. The van der Waals surface area contributed by atoms with Gasteiger partial charge in [0.05, 0.1) is 11.4 Å². The standard InChI is InChI=1S/C78H67N5O.Pt/c1-51-43-59(44-52(2)53(51)3)82-68-34-19-16-31-64(68)78(65-32-17-20-35-69(65)82)66-33-18-21-36-70(66)83(74-47-56(41-42-79-74)76(4,5)6)73-49-61(39-40-67(73)78)84-60-30-24-29-58(48-60)80-50-81(72-38-23-22-37-71(72)80)75-62(54-25-12-10-13-26-54)45-57(77(7,8)9)46-63(75)55-27-14-11-15-28-55;/h10-49H,1-9H3;. The third kappa shape index (κ3) is 8.87. The number of ether oxygens (including phenoxy) is 1. The topological polar surface area (TPSA) is 38.5 Å². The van der Waals surface area contributed by atoms with Crippen LogP contribution in [0.25, 0.3) is 44.7 Å². The molecule has 6 nitrogen and oxygen atoms in total. The smallest absolute Gasteiger partial charge is 0.0348 e. The first kappa shape index (κ1) is 53.9. The van der Waals surface area contributed by atoms with Crippen LogP contribution in [0.15, 0.2) is 243 Å². The molecule has 0 saturated heterocycles. The van der Waals surface area contributed by atoms with Crippen LogP contribution in [0.5, 0.6) is 11.5 Å². The number of pyridine rings is 1. The molecule has 7 heteroatoms. The zero-order valence-electron chi connectivity index (χ0n) is 49.6. The number of rotatable bonds is 8. The fraction of sp³-hybridized carbons (Fsp3) is 0.154. The van der Waals surface area contributed by atoms with Crippen LogP contribution in [-0.2, 0) is 35.6 Å². The van der Waals surface area contributed by atoms with E-state index >= 15 is 0 Å². The summed E-state index contributed by atoms with van der Waals surface area (Å²) in [6.45, 7) is 20.4. The van der Waals surface area contributed by atoms with E-state index in [1.165, 1.54) is 66.8 Å². The van der Waals surface area contributed by atoms with Crippen molar-refractivity contribution in [3.63, 3.8) is 0 Å². The summed E-state index contributed by atoms with van der Waals surface area (Å²) >= 11 is 2.55. The number of anilines is 6. The van der Waals surface area contributed by atoms with E-state index in [2.05, 4.69) is 337 Å². The fourth-order valence-electron chi connectivity index (χ4n) is 13.2. The summed E-state index contributed by atoms with van der Waals surface area (Å²) in [6, 6.07) is 86.7. The quantitative estimate of drug-likeness (QED) is 0.152. The molecule has 0 N–H and O–H groups in total. The van der Waals surface area contributed by atoms with Gasteiger partial charge in [0.1, 0.15) is 0 Å². The number of para-hydroxylation sites is 5. The maximum atomic E-state index is 7.24. The number of nitrogens with zero attached hydrogens (tertiary/aromatic N) is 5. The Morgan fingerprint density at radius 3 is 1.47 bits per heavy atom. The van der Waals surface area contributed by atoms with E-state index in [4.69, 9.17) is 9.72 Å². The van der Waals surface area contributed by atoms with Gasteiger partial charge in [-0.3, -0.25) is 0 Å². The van der Waals surface area contributed by atoms with Gasteiger partial charge in [0, 0.05) is 11.9 Å². The van der Waals surface area contributed by atoms with E-state index in [0.717, 1.165) is 71.8 Å². The van der Waals surface area contributed by atoms with Crippen molar-refractivity contribution >= 4 is 45.3 Å². The molecule has 0 atom stereocenters. The average molecular weight is 1290 g/mol. The second-order valence-electron chi connectivity index (χ2n) is 24.9. The van der Waals surface area contributed by atoms with Gasteiger partial charge >= 0.3 is 331 Å². The van der Waals surface area contributed by atoms with Crippen LogP contribution in [-0.4, -0.2) is 14.1 Å². The van der Waals surface area contributed by atoms with Crippen molar-refractivity contribution in [3.05, 3.63) is 297 Å². The molecule has 85 heavy (non-hydrogen) atoms. The molecule has 2 aliphatic heterocycles. The molecular formula is C78H67N5OPt. The molecule has 2 aliphatic rings. The number of hydrogen-bond donors (Lipinski definition) is 0. The zero-order valence-corrected chi connectivity index (χ0v) is 51.8. The molecule has 0 amide bonds. The molecule has 0 radical (unpaired) electrons. The van der Waals surface area contributed by atoms with E-state index in [-0.39, 0.29) is 10.8 Å². The van der Waals surface area contributed by atoms with Crippen LogP contribution in [0.3, 0.4) is 0 Å². The molecule has 1 spiro atoms. The number of hydrogen-bond acceptors (Lipinski definition) is 4. The third-order valence-electron chi connectivity index (χ3n) is 17.7. The zero-order chi connectivity index (χ0) is 58.5. The molecular weight excluding hydrogens is 1220 g/mol. The van der Waals surface area contributed by atoms with Crippen molar-refractivity contribution in [2.24, 2.45) is 0 Å². The van der Waals surface area contributed by atoms with Gasteiger partial charge in [0.2, 0.25) is 0 Å². The van der Waals surface area contributed by atoms with Gasteiger partial charge < -0.3 is 4.90 Å². The molecule has 0 bridgehead atoms. The van der Waals surface area contributed by atoms with E-state index in [1.807, 2.05) is 6.20 Å². The van der Waals surface area contributed by atoms with Gasteiger partial charge in [0.25, 0.3) is 0 Å². The third-order valence-corrected chi connectivity index (χ3v) is 18.7. The number of imidazole rings is 1. The Morgan fingerprint density at radius 1 is 0.412 bits per heavy atom. The Hall–Kier alpha value is -9.09. The number of benzene rings is 10. The predicted octanol–water partition coefficient (Wildman–Crippen LogP) is 20.5. The SMILES string of the molecule is Cc1cc(N2c3ccccc3C3(c4ccccc42)c2ccccc2N(c2cc(C(C)(C)C)ccn2)c2cc(Oc4cccc(-n5[c](=[Pt])n(-c6c(-c7ccccc7)cc(C(C)(C)C)cc6-c6ccccc6)c6ccccc65)c4)ccc23)cc(C)c1C. The van der Waals surface area contributed by atoms with Gasteiger partial charge in [-0.25, -0.2) is 0 Å². The van der Waals surface area contributed by atoms with Gasteiger partial charge in [0.15, 0.2) is 0 Å². The summed E-state index contributed by atoms with van der Waals surface area (Å²) in [6.07, 6.45) is 1.96. The Labute approximate surface area is 510 Å². The van der Waals surface area contributed by atoms with Crippen LogP contribution in [0.1, 0.15) is 91.6 Å². The van der Waals surface area contributed by atoms with Crippen molar-refractivity contribution in [2.75, 3.05) is 9.80 Å². The Morgan fingerprint density at radius 2 is 0.906 bits per heavy atom.